The summed E-state index contributed by atoms with van der Waals surface area (Å²) < 4.78 is 5.50. The third-order valence-corrected chi connectivity index (χ3v) is 4.77. The number of rotatable bonds is 4. The Balaban J connectivity index is 1.61. The number of carbonyl (C=O) groups excluding carboxylic acids is 1. The molecule has 7 heteroatoms. The number of carbonyl (C=O) groups is 1. The highest BCUT2D eigenvalue weighted by Crippen LogP contribution is 2.27. The minimum Gasteiger partial charge on any atom is -0.444 e. The minimum absolute atomic E-state index is 0.163. The van der Waals surface area contributed by atoms with E-state index in [1.54, 1.807) is 6.92 Å². The Hall–Kier alpha value is -2.59. The molecule has 25 heavy (non-hydrogen) atoms. The van der Waals surface area contributed by atoms with Crippen molar-refractivity contribution in [3.05, 3.63) is 34.3 Å². The van der Waals surface area contributed by atoms with Gasteiger partial charge in [-0.3, -0.25) is 20.1 Å². The lowest BCUT2D eigenvalue weighted by Crippen LogP contribution is -2.39. The maximum absolute atomic E-state index is 12.4. The SMILES string of the molecule is Cc1cc([C@H]2CCCN(CC(=O)Nc3oc(C)c(C)c3C#N)C2)n[nH]1. The summed E-state index contributed by atoms with van der Waals surface area (Å²) in [5.74, 6) is 1.08. The van der Waals surface area contributed by atoms with Gasteiger partial charge >= 0.3 is 0 Å². The third kappa shape index (κ3) is 3.74. The first-order chi connectivity index (χ1) is 12.0. The number of furan rings is 1. The number of aromatic amines is 1. The molecule has 1 atom stereocenters. The predicted molar refractivity (Wildman–Crippen MR) is 93.3 cm³/mol. The summed E-state index contributed by atoms with van der Waals surface area (Å²) in [6.45, 7) is 7.56. The summed E-state index contributed by atoms with van der Waals surface area (Å²) in [5.41, 5.74) is 3.28. The summed E-state index contributed by atoms with van der Waals surface area (Å²) in [7, 11) is 0. The highest BCUT2D eigenvalue weighted by Gasteiger charge is 2.25. The zero-order valence-electron chi connectivity index (χ0n) is 14.8. The number of aryl methyl sites for hydroxylation is 2. The van der Waals surface area contributed by atoms with Gasteiger partial charge in [0.15, 0.2) is 0 Å². The first-order valence-corrected chi connectivity index (χ1v) is 8.52. The molecule has 1 aliphatic heterocycles. The van der Waals surface area contributed by atoms with Gasteiger partial charge in [0.1, 0.15) is 17.4 Å². The van der Waals surface area contributed by atoms with Gasteiger partial charge in [0.25, 0.3) is 0 Å². The number of nitriles is 1. The first kappa shape index (κ1) is 17.2. The van der Waals surface area contributed by atoms with Crippen LogP contribution in [0, 0.1) is 32.1 Å². The molecule has 0 aliphatic carbocycles. The Morgan fingerprint density at radius 3 is 3.00 bits per heavy atom. The van der Waals surface area contributed by atoms with E-state index in [-0.39, 0.29) is 18.3 Å². The van der Waals surface area contributed by atoms with Crippen LogP contribution in [-0.4, -0.2) is 40.6 Å². The summed E-state index contributed by atoms with van der Waals surface area (Å²) in [5, 5.41) is 19.3. The van der Waals surface area contributed by atoms with E-state index in [9.17, 15) is 10.1 Å². The number of likely N-dealkylation sites (tertiary alicyclic amines) is 1. The molecule has 0 radical (unpaired) electrons. The van der Waals surface area contributed by atoms with E-state index in [4.69, 9.17) is 4.42 Å². The quantitative estimate of drug-likeness (QED) is 0.891. The number of H-pyrrole nitrogens is 1. The van der Waals surface area contributed by atoms with Crippen molar-refractivity contribution in [2.45, 2.75) is 39.5 Å². The smallest absolute Gasteiger partial charge is 0.240 e. The Kier molecular flexibility index (Phi) is 4.91. The van der Waals surface area contributed by atoms with Crippen molar-refractivity contribution in [1.29, 1.82) is 5.26 Å². The van der Waals surface area contributed by atoms with Crippen molar-refractivity contribution < 1.29 is 9.21 Å². The van der Waals surface area contributed by atoms with Crippen LogP contribution in [0.2, 0.25) is 0 Å². The lowest BCUT2D eigenvalue weighted by Gasteiger charge is -2.31. The zero-order chi connectivity index (χ0) is 18.0. The molecule has 2 N–H and O–H groups in total. The Bertz CT molecular complexity index is 814. The second-order valence-corrected chi connectivity index (χ2v) is 6.70. The number of piperidine rings is 1. The number of nitrogens with zero attached hydrogens (tertiary/aromatic N) is 3. The van der Waals surface area contributed by atoms with Crippen LogP contribution >= 0.6 is 0 Å². The molecular formula is C18H23N5O2. The lowest BCUT2D eigenvalue weighted by molar-refractivity contribution is -0.117. The zero-order valence-corrected chi connectivity index (χ0v) is 14.8. The first-order valence-electron chi connectivity index (χ1n) is 8.52. The molecule has 0 bridgehead atoms. The average molecular weight is 341 g/mol. The Labute approximate surface area is 147 Å². The van der Waals surface area contributed by atoms with E-state index >= 15 is 0 Å². The van der Waals surface area contributed by atoms with Crippen LogP contribution in [0.5, 0.6) is 0 Å². The van der Waals surface area contributed by atoms with Gasteiger partial charge in [0.2, 0.25) is 11.8 Å². The molecule has 132 valence electrons. The average Bonchev–Trinajstić information content (AvgIpc) is 3.12. The monoisotopic (exact) mass is 341 g/mol. The lowest BCUT2D eigenvalue weighted by atomic mass is 9.94. The summed E-state index contributed by atoms with van der Waals surface area (Å²) in [6, 6.07) is 4.16. The van der Waals surface area contributed by atoms with Gasteiger partial charge in [0.05, 0.1) is 12.2 Å². The molecular weight excluding hydrogens is 318 g/mol. The van der Waals surface area contributed by atoms with E-state index in [0.717, 1.165) is 42.9 Å². The number of anilines is 1. The normalized spacial score (nSPS) is 18.1. The maximum atomic E-state index is 12.4. The van der Waals surface area contributed by atoms with Crippen LogP contribution in [-0.2, 0) is 4.79 Å². The van der Waals surface area contributed by atoms with E-state index in [1.165, 1.54) is 0 Å². The van der Waals surface area contributed by atoms with Gasteiger partial charge in [-0.25, -0.2) is 0 Å². The van der Waals surface area contributed by atoms with Gasteiger partial charge in [-0.15, -0.1) is 0 Å². The van der Waals surface area contributed by atoms with Crippen molar-refractivity contribution in [2.24, 2.45) is 0 Å². The van der Waals surface area contributed by atoms with E-state index in [0.29, 0.717) is 17.2 Å². The fourth-order valence-corrected chi connectivity index (χ4v) is 3.31. The highest BCUT2D eigenvalue weighted by molar-refractivity contribution is 5.92. The van der Waals surface area contributed by atoms with Gasteiger partial charge in [0, 0.05) is 23.7 Å². The maximum Gasteiger partial charge on any atom is 0.240 e. The van der Waals surface area contributed by atoms with Crippen LogP contribution in [0.25, 0.3) is 0 Å². The van der Waals surface area contributed by atoms with Crippen molar-refractivity contribution in [1.82, 2.24) is 15.1 Å². The number of amides is 1. The van der Waals surface area contributed by atoms with Crippen molar-refractivity contribution >= 4 is 11.8 Å². The molecule has 0 unspecified atom stereocenters. The number of hydrogen-bond acceptors (Lipinski definition) is 5. The second kappa shape index (κ2) is 7.11. The second-order valence-electron chi connectivity index (χ2n) is 6.70. The number of hydrogen-bond donors (Lipinski definition) is 2. The van der Waals surface area contributed by atoms with E-state index < -0.39 is 0 Å². The molecule has 7 nitrogen and oxygen atoms in total. The van der Waals surface area contributed by atoms with Gasteiger partial charge in [-0.1, -0.05) is 0 Å². The summed E-state index contributed by atoms with van der Waals surface area (Å²) >= 11 is 0. The van der Waals surface area contributed by atoms with Crippen LogP contribution < -0.4 is 5.32 Å². The fraction of sp³-hybridized carbons (Fsp3) is 0.500. The molecule has 2 aromatic rings. The van der Waals surface area contributed by atoms with Gasteiger partial charge < -0.3 is 4.42 Å². The topological polar surface area (TPSA) is 98.0 Å². The predicted octanol–water partition coefficient (Wildman–Crippen LogP) is 2.62. The van der Waals surface area contributed by atoms with E-state index in [2.05, 4.69) is 32.5 Å². The fourth-order valence-electron chi connectivity index (χ4n) is 3.31. The largest absolute Gasteiger partial charge is 0.444 e. The van der Waals surface area contributed by atoms with Crippen molar-refractivity contribution in [3.63, 3.8) is 0 Å². The van der Waals surface area contributed by atoms with Gasteiger partial charge in [-0.2, -0.15) is 10.4 Å². The third-order valence-electron chi connectivity index (χ3n) is 4.77. The molecule has 1 saturated heterocycles. The van der Waals surface area contributed by atoms with Gasteiger partial charge in [-0.05, 0) is 46.2 Å². The van der Waals surface area contributed by atoms with Crippen molar-refractivity contribution in [3.8, 4) is 6.07 Å². The summed E-state index contributed by atoms with van der Waals surface area (Å²) in [4.78, 5) is 14.5. The number of nitrogens with one attached hydrogen (secondary N) is 2. The molecule has 0 saturated carbocycles. The molecule has 0 aromatic carbocycles. The minimum atomic E-state index is -0.163. The molecule has 0 spiro atoms. The Morgan fingerprint density at radius 1 is 1.52 bits per heavy atom. The molecule has 1 fully saturated rings. The summed E-state index contributed by atoms with van der Waals surface area (Å²) in [6.07, 6.45) is 2.11. The van der Waals surface area contributed by atoms with Crippen molar-refractivity contribution in [2.75, 3.05) is 25.0 Å². The standard InChI is InChI=1S/C18H23N5O2/c1-11-7-16(22-21-11)14-5-4-6-23(9-14)10-17(24)20-18-15(8-19)12(2)13(3)25-18/h7,14H,4-6,9-10H2,1-3H3,(H,20,24)(H,21,22)/t14-/m0/s1. The molecule has 3 heterocycles. The molecule has 1 aliphatic rings. The van der Waals surface area contributed by atoms with Crippen LogP contribution in [0.1, 0.15) is 47.0 Å². The van der Waals surface area contributed by atoms with Crippen LogP contribution in [0.15, 0.2) is 10.5 Å². The molecule has 3 rings (SSSR count). The molecule has 1 amide bonds. The van der Waals surface area contributed by atoms with Crippen LogP contribution in [0.4, 0.5) is 5.88 Å². The van der Waals surface area contributed by atoms with Crippen LogP contribution in [0.3, 0.4) is 0 Å². The highest BCUT2D eigenvalue weighted by atomic mass is 16.4. The molecule has 2 aromatic heterocycles. The number of aromatic nitrogens is 2. The Morgan fingerprint density at radius 2 is 2.32 bits per heavy atom. The van der Waals surface area contributed by atoms with E-state index in [1.807, 2.05) is 13.8 Å².